The summed E-state index contributed by atoms with van der Waals surface area (Å²) in [5, 5.41) is 16.1. The molecule has 0 aromatic carbocycles. The number of nitrogens with zero attached hydrogens (tertiary/aromatic N) is 2. The van der Waals surface area contributed by atoms with Crippen molar-refractivity contribution in [3.05, 3.63) is 22.5 Å². The summed E-state index contributed by atoms with van der Waals surface area (Å²) in [6.07, 6.45) is 2.13. The van der Waals surface area contributed by atoms with Crippen molar-refractivity contribution in [2.45, 2.75) is 18.8 Å². The highest BCUT2D eigenvalue weighted by Crippen LogP contribution is 2.39. The molecule has 1 aromatic rings. The van der Waals surface area contributed by atoms with Crippen LogP contribution in [-0.4, -0.2) is 21.3 Å². The summed E-state index contributed by atoms with van der Waals surface area (Å²) in [6.45, 7) is 0. The number of hydrogen-bond donors (Lipinski definition) is 1. The lowest BCUT2D eigenvalue weighted by Gasteiger charge is -1.99. The van der Waals surface area contributed by atoms with Gasteiger partial charge in [0.05, 0.1) is 5.69 Å². The minimum Gasteiger partial charge on any atom is -0.478 e. The van der Waals surface area contributed by atoms with Crippen LogP contribution in [0.3, 0.4) is 0 Å². The zero-order chi connectivity index (χ0) is 9.42. The molecule has 0 bridgehead atoms. The lowest BCUT2D eigenvalue weighted by Crippen LogP contribution is -2.02. The second-order valence-corrected chi connectivity index (χ2v) is 3.41. The van der Waals surface area contributed by atoms with Gasteiger partial charge >= 0.3 is 5.97 Å². The van der Waals surface area contributed by atoms with Gasteiger partial charge < -0.3 is 5.11 Å². The molecule has 1 heterocycles. The van der Waals surface area contributed by atoms with Gasteiger partial charge in [-0.05, 0) is 18.9 Å². The van der Waals surface area contributed by atoms with Crippen LogP contribution in [0.1, 0.15) is 34.8 Å². The number of aromatic nitrogens is 2. The minimum absolute atomic E-state index is 0.0403. The summed E-state index contributed by atoms with van der Waals surface area (Å²) in [5.41, 5.74) is 0.778. The fourth-order valence-electron chi connectivity index (χ4n) is 1.12. The van der Waals surface area contributed by atoms with E-state index < -0.39 is 5.97 Å². The molecular weight excluding hydrogens is 192 g/mol. The summed E-state index contributed by atoms with van der Waals surface area (Å²) in [5.74, 6) is -0.662. The number of hydrogen-bond acceptors (Lipinski definition) is 3. The van der Waals surface area contributed by atoms with Gasteiger partial charge in [0.15, 0.2) is 5.15 Å². The number of carboxylic acids is 1. The van der Waals surface area contributed by atoms with Gasteiger partial charge in [-0.25, -0.2) is 4.79 Å². The van der Waals surface area contributed by atoms with E-state index in [2.05, 4.69) is 10.2 Å². The molecule has 1 saturated carbocycles. The first-order chi connectivity index (χ1) is 6.18. The first-order valence-electron chi connectivity index (χ1n) is 3.95. The quantitative estimate of drug-likeness (QED) is 0.786. The molecule has 1 N–H and O–H groups in total. The van der Waals surface area contributed by atoms with E-state index in [-0.39, 0.29) is 10.7 Å². The fourth-order valence-corrected chi connectivity index (χ4v) is 1.29. The molecule has 68 valence electrons. The van der Waals surface area contributed by atoms with E-state index in [9.17, 15) is 4.79 Å². The summed E-state index contributed by atoms with van der Waals surface area (Å²) in [4.78, 5) is 10.7. The average Bonchev–Trinajstić information content (AvgIpc) is 2.87. The molecule has 1 fully saturated rings. The maximum Gasteiger partial charge on any atom is 0.338 e. The van der Waals surface area contributed by atoms with Crippen molar-refractivity contribution in [3.8, 4) is 0 Å². The number of aromatic carboxylic acids is 1. The van der Waals surface area contributed by atoms with Crippen LogP contribution in [0.15, 0.2) is 6.07 Å². The van der Waals surface area contributed by atoms with Gasteiger partial charge in [-0.2, -0.15) is 5.10 Å². The van der Waals surface area contributed by atoms with Crippen LogP contribution in [0.5, 0.6) is 0 Å². The fraction of sp³-hybridized carbons (Fsp3) is 0.375. The molecule has 0 spiro atoms. The van der Waals surface area contributed by atoms with Crippen molar-refractivity contribution in [3.63, 3.8) is 0 Å². The monoisotopic (exact) mass is 198 g/mol. The smallest absolute Gasteiger partial charge is 0.338 e. The highest BCUT2D eigenvalue weighted by atomic mass is 35.5. The molecule has 2 rings (SSSR count). The molecule has 0 atom stereocenters. The molecule has 4 nitrogen and oxygen atoms in total. The molecule has 1 aliphatic carbocycles. The predicted molar refractivity (Wildman–Crippen MR) is 46.0 cm³/mol. The van der Waals surface area contributed by atoms with E-state index in [0.29, 0.717) is 5.92 Å². The van der Waals surface area contributed by atoms with Crippen LogP contribution >= 0.6 is 11.6 Å². The lowest BCUT2D eigenvalue weighted by atomic mass is 10.2. The van der Waals surface area contributed by atoms with E-state index in [4.69, 9.17) is 16.7 Å². The van der Waals surface area contributed by atoms with Crippen molar-refractivity contribution < 1.29 is 9.90 Å². The third kappa shape index (κ3) is 1.62. The second-order valence-electron chi connectivity index (χ2n) is 3.05. The van der Waals surface area contributed by atoms with E-state index >= 15 is 0 Å². The van der Waals surface area contributed by atoms with E-state index in [0.717, 1.165) is 18.5 Å². The molecule has 0 aliphatic heterocycles. The minimum atomic E-state index is -1.05. The molecule has 0 saturated heterocycles. The summed E-state index contributed by atoms with van der Waals surface area (Å²) < 4.78 is 0. The maximum absolute atomic E-state index is 10.7. The third-order valence-corrected chi connectivity index (χ3v) is 2.27. The molecule has 13 heavy (non-hydrogen) atoms. The Hall–Kier alpha value is -1.16. The standard InChI is InChI=1S/C8H7ClN2O2/c9-7-5(8(12)13)3-6(10-11-7)4-1-2-4/h3-4H,1-2H2,(H,12,13). The van der Waals surface area contributed by atoms with Gasteiger partial charge in [-0.3, -0.25) is 0 Å². The molecule has 0 amide bonds. The number of rotatable bonds is 2. The molecule has 5 heteroatoms. The molecule has 0 radical (unpaired) electrons. The summed E-state index contributed by atoms with van der Waals surface area (Å²) >= 11 is 5.56. The van der Waals surface area contributed by atoms with Crippen LogP contribution in [0.25, 0.3) is 0 Å². The van der Waals surface area contributed by atoms with Gasteiger partial charge in [0.25, 0.3) is 0 Å². The number of carbonyl (C=O) groups is 1. The zero-order valence-electron chi connectivity index (χ0n) is 6.70. The topological polar surface area (TPSA) is 63.1 Å². The highest BCUT2D eigenvalue weighted by Gasteiger charge is 2.27. The van der Waals surface area contributed by atoms with Crippen molar-refractivity contribution >= 4 is 17.6 Å². The molecule has 1 aliphatic rings. The first-order valence-corrected chi connectivity index (χ1v) is 4.32. The van der Waals surface area contributed by atoms with Crippen LogP contribution in [-0.2, 0) is 0 Å². The Balaban J connectivity index is 2.41. The van der Waals surface area contributed by atoms with E-state index in [1.54, 1.807) is 0 Å². The van der Waals surface area contributed by atoms with Gasteiger partial charge in [0.1, 0.15) is 5.56 Å². The normalized spacial score (nSPS) is 15.8. The lowest BCUT2D eigenvalue weighted by molar-refractivity contribution is 0.0696. The van der Waals surface area contributed by atoms with Crippen molar-refractivity contribution in [1.29, 1.82) is 0 Å². The maximum atomic E-state index is 10.7. The van der Waals surface area contributed by atoms with Crippen molar-refractivity contribution in [1.82, 2.24) is 10.2 Å². The second kappa shape index (κ2) is 2.96. The Morgan fingerprint density at radius 2 is 2.23 bits per heavy atom. The Morgan fingerprint density at radius 3 is 2.77 bits per heavy atom. The van der Waals surface area contributed by atoms with Crippen LogP contribution in [0.4, 0.5) is 0 Å². The van der Waals surface area contributed by atoms with E-state index in [1.807, 2.05) is 0 Å². The molecule has 0 unspecified atom stereocenters. The van der Waals surface area contributed by atoms with Gasteiger partial charge in [0.2, 0.25) is 0 Å². The molecular formula is C8H7ClN2O2. The molecule has 1 aromatic heterocycles. The van der Waals surface area contributed by atoms with Crippen LogP contribution in [0.2, 0.25) is 5.15 Å². The summed E-state index contributed by atoms with van der Waals surface area (Å²) in [7, 11) is 0. The Morgan fingerprint density at radius 1 is 1.54 bits per heavy atom. The predicted octanol–water partition coefficient (Wildman–Crippen LogP) is 1.71. The summed E-state index contributed by atoms with van der Waals surface area (Å²) in [6, 6.07) is 1.51. The average molecular weight is 199 g/mol. The Kier molecular flexibility index (Phi) is 1.92. The van der Waals surface area contributed by atoms with Gasteiger partial charge in [0, 0.05) is 5.92 Å². The highest BCUT2D eigenvalue weighted by molar-refractivity contribution is 6.32. The SMILES string of the molecule is O=C(O)c1cc(C2CC2)nnc1Cl. The zero-order valence-corrected chi connectivity index (χ0v) is 7.45. The van der Waals surface area contributed by atoms with Gasteiger partial charge in [-0.15, -0.1) is 5.10 Å². The van der Waals surface area contributed by atoms with Crippen LogP contribution < -0.4 is 0 Å². The Bertz CT molecular complexity index is 363. The van der Waals surface area contributed by atoms with Crippen LogP contribution in [0, 0.1) is 0 Å². The first kappa shape index (κ1) is 8.44. The van der Waals surface area contributed by atoms with Gasteiger partial charge in [-0.1, -0.05) is 11.6 Å². The Labute approximate surface area is 79.6 Å². The largest absolute Gasteiger partial charge is 0.478 e. The van der Waals surface area contributed by atoms with Crippen molar-refractivity contribution in [2.75, 3.05) is 0 Å². The number of halogens is 1. The van der Waals surface area contributed by atoms with E-state index in [1.165, 1.54) is 6.07 Å². The third-order valence-electron chi connectivity index (χ3n) is 1.99. The number of carboxylic acid groups (broad SMARTS) is 1. The van der Waals surface area contributed by atoms with Crippen molar-refractivity contribution in [2.24, 2.45) is 0 Å².